The third-order valence-electron chi connectivity index (χ3n) is 5.11. The Labute approximate surface area is 152 Å². The smallest absolute Gasteiger partial charge is 0.227 e. The van der Waals surface area contributed by atoms with Crippen molar-refractivity contribution in [1.29, 1.82) is 0 Å². The number of rotatable bonds is 6. The van der Waals surface area contributed by atoms with Crippen LogP contribution in [0.5, 0.6) is 0 Å². The summed E-state index contributed by atoms with van der Waals surface area (Å²) in [4.78, 5) is 17.0. The van der Waals surface area contributed by atoms with Crippen molar-refractivity contribution < 1.29 is 9.90 Å². The van der Waals surface area contributed by atoms with Crippen molar-refractivity contribution in [2.75, 3.05) is 33.3 Å². The average molecular weight is 347 g/mol. The molecule has 4 nitrogen and oxygen atoms in total. The molecule has 0 saturated carbocycles. The second kappa shape index (κ2) is 8.81. The van der Waals surface area contributed by atoms with Gasteiger partial charge in [-0.1, -0.05) is 51.1 Å². The van der Waals surface area contributed by atoms with Crippen LogP contribution in [0, 0.1) is 11.3 Å². The Morgan fingerprint density at radius 1 is 1.32 bits per heavy atom. The molecule has 1 N–H and O–H groups in total. The molecule has 1 aliphatic rings. The van der Waals surface area contributed by atoms with E-state index in [0.717, 1.165) is 32.5 Å². The van der Waals surface area contributed by atoms with Crippen LogP contribution in [0.2, 0.25) is 0 Å². The Morgan fingerprint density at radius 3 is 2.60 bits per heavy atom. The molecule has 1 aromatic carbocycles. The third kappa shape index (κ3) is 5.55. The summed E-state index contributed by atoms with van der Waals surface area (Å²) in [6, 6.07) is 10.6. The second-order valence-electron chi connectivity index (χ2n) is 8.39. The lowest BCUT2D eigenvalue weighted by molar-refractivity contribution is -0.141. The Hall–Kier alpha value is -1.39. The zero-order valence-corrected chi connectivity index (χ0v) is 16.2. The summed E-state index contributed by atoms with van der Waals surface area (Å²) >= 11 is 0. The normalized spacial score (nSPS) is 19.9. The minimum atomic E-state index is -0.308. The molecule has 1 aliphatic heterocycles. The Kier molecular flexibility index (Phi) is 7.03. The van der Waals surface area contributed by atoms with Gasteiger partial charge in [0.2, 0.25) is 5.91 Å². The quantitative estimate of drug-likeness (QED) is 0.859. The van der Waals surface area contributed by atoms with Crippen molar-refractivity contribution in [2.24, 2.45) is 11.3 Å². The molecule has 1 amide bonds. The molecule has 140 valence electrons. The predicted octanol–water partition coefficient (Wildman–Crippen LogP) is 3.33. The largest absolute Gasteiger partial charge is 0.396 e. The maximum atomic E-state index is 12.6. The molecule has 25 heavy (non-hydrogen) atoms. The van der Waals surface area contributed by atoms with Gasteiger partial charge in [0, 0.05) is 37.7 Å². The number of carbonyl (C=O) groups excluding carboxylic acids is 1. The average Bonchev–Trinajstić information content (AvgIpc) is 2.59. The first-order valence-electron chi connectivity index (χ1n) is 9.48. The number of amides is 1. The summed E-state index contributed by atoms with van der Waals surface area (Å²) in [5, 5.41) is 9.48. The van der Waals surface area contributed by atoms with Gasteiger partial charge >= 0.3 is 0 Å². The van der Waals surface area contributed by atoms with E-state index in [2.05, 4.69) is 36.2 Å². The van der Waals surface area contributed by atoms with Crippen LogP contribution in [-0.2, 0) is 4.79 Å². The Bertz CT molecular complexity index is 539. The first kappa shape index (κ1) is 19.9. The van der Waals surface area contributed by atoms with E-state index in [1.165, 1.54) is 12.0 Å². The monoisotopic (exact) mass is 346 g/mol. The Balaban J connectivity index is 2.00. The number of aliphatic hydroxyl groups excluding tert-OH is 1. The lowest BCUT2D eigenvalue weighted by Gasteiger charge is -2.39. The molecular weight excluding hydrogens is 312 g/mol. The molecular formula is C21H34N2O2. The van der Waals surface area contributed by atoms with Crippen LogP contribution in [0.1, 0.15) is 51.6 Å². The van der Waals surface area contributed by atoms with E-state index in [-0.39, 0.29) is 24.0 Å². The number of aliphatic hydroxyl groups is 1. The van der Waals surface area contributed by atoms with Crippen molar-refractivity contribution in [1.82, 2.24) is 9.80 Å². The fourth-order valence-corrected chi connectivity index (χ4v) is 3.85. The number of piperidine rings is 1. The van der Waals surface area contributed by atoms with E-state index in [1.54, 1.807) is 0 Å². The van der Waals surface area contributed by atoms with Gasteiger partial charge in [0.1, 0.15) is 0 Å². The van der Waals surface area contributed by atoms with Crippen molar-refractivity contribution in [3.8, 4) is 0 Å². The fraction of sp³-hybridized carbons (Fsp3) is 0.667. The van der Waals surface area contributed by atoms with E-state index in [9.17, 15) is 9.90 Å². The lowest BCUT2D eigenvalue weighted by Crippen LogP contribution is -2.47. The topological polar surface area (TPSA) is 43.8 Å². The fourth-order valence-electron chi connectivity index (χ4n) is 3.85. The molecule has 0 aliphatic carbocycles. The molecule has 0 unspecified atom stereocenters. The summed E-state index contributed by atoms with van der Waals surface area (Å²) in [7, 11) is 2.14. The van der Waals surface area contributed by atoms with Crippen LogP contribution in [0.4, 0.5) is 0 Å². The molecule has 0 aromatic heterocycles. The predicted molar refractivity (Wildman–Crippen MR) is 102 cm³/mol. The molecule has 1 aromatic rings. The summed E-state index contributed by atoms with van der Waals surface area (Å²) in [5.74, 6) is 0.754. The number of carbonyl (C=O) groups is 1. The van der Waals surface area contributed by atoms with E-state index in [0.29, 0.717) is 5.92 Å². The first-order valence-corrected chi connectivity index (χ1v) is 9.48. The zero-order valence-electron chi connectivity index (χ0n) is 16.2. The minimum Gasteiger partial charge on any atom is -0.396 e. The number of hydrogen-bond donors (Lipinski definition) is 1. The van der Waals surface area contributed by atoms with Crippen molar-refractivity contribution >= 4 is 5.91 Å². The van der Waals surface area contributed by atoms with E-state index < -0.39 is 0 Å². The van der Waals surface area contributed by atoms with Gasteiger partial charge in [-0.15, -0.1) is 0 Å². The number of likely N-dealkylation sites (tertiary alicyclic amines) is 1. The van der Waals surface area contributed by atoms with Gasteiger partial charge in [-0.05, 0) is 37.8 Å². The third-order valence-corrected chi connectivity index (χ3v) is 5.11. The highest BCUT2D eigenvalue weighted by Gasteiger charge is 2.32. The van der Waals surface area contributed by atoms with Crippen LogP contribution < -0.4 is 0 Å². The number of nitrogens with zero attached hydrogens (tertiary/aromatic N) is 2. The summed E-state index contributed by atoms with van der Waals surface area (Å²) in [6.07, 6.45) is 2.98. The van der Waals surface area contributed by atoms with Crippen molar-refractivity contribution in [2.45, 2.75) is 46.1 Å². The van der Waals surface area contributed by atoms with Crippen LogP contribution in [0.15, 0.2) is 30.3 Å². The molecule has 2 rings (SSSR count). The lowest BCUT2D eigenvalue weighted by atomic mass is 9.90. The number of benzene rings is 1. The van der Waals surface area contributed by atoms with Crippen molar-refractivity contribution in [3.63, 3.8) is 0 Å². The van der Waals surface area contributed by atoms with Crippen LogP contribution >= 0.6 is 0 Å². The van der Waals surface area contributed by atoms with Gasteiger partial charge < -0.3 is 10.0 Å². The van der Waals surface area contributed by atoms with E-state index >= 15 is 0 Å². The second-order valence-corrected chi connectivity index (χ2v) is 8.39. The van der Waals surface area contributed by atoms with Gasteiger partial charge in [0.05, 0.1) is 0 Å². The maximum Gasteiger partial charge on any atom is 0.227 e. The van der Waals surface area contributed by atoms with Crippen molar-refractivity contribution in [3.05, 3.63) is 35.9 Å². The van der Waals surface area contributed by atoms with Crippen LogP contribution in [0.25, 0.3) is 0 Å². The van der Waals surface area contributed by atoms with Gasteiger partial charge in [-0.2, -0.15) is 0 Å². The van der Waals surface area contributed by atoms with Crippen LogP contribution in [-0.4, -0.2) is 54.1 Å². The molecule has 4 heteroatoms. The van der Waals surface area contributed by atoms with Gasteiger partial charge in [0.15, 0.2) is 0 Å². The molecule has 1 heterocycles. The molecule has 1 saturated heterocycles. The van der Waals surface area contributed by atoms with Gasteiger partial charge in [0.25, 0.3) is 0 Å². The minimum absolute atomic E-state index is 0.184. The highest BCUT2D eigenvalue weighted by Crippen LogP contribution is 2.27. The maximum absolute atomic E-state index is 12.6. The molecule has 0 spiro atoms. The first-order chi connectivity index (χ1) is 11.8. The molecule has 1 fully saturated rings. The van der Waals surface area contributed by atoms with E-state index in [4.69, 9.17) is 0 Å². The number of hydrogen-bond acceptors (Lipinski definition) is 3. The standard InChI is InChI=1S/C21H34N2O2/c1-21(2,3)20(25)23-13-8-9-17(16-23)15-22(4)19(12-14-24)18-10-6-5-7-11-18/h5-7,10-11,17,19,24H,8-9,12-16H2,1-4H3/t17-,19-/m0/s1. The van der Waals surface area contributed by atoms with Gasteiger partial charge in [-0.3, -0.25) is 9.69 Å². The highest BCUT2D eigenvalue weighted by atomic mass is 16.3. The highest BCUT2D eigenvalue weighted by molar-refractivity contribution is 5.81. The van der Waals surface area contributed by atoms with Gasteiger partial charge in [-0.25, -0.2) is 0 Å². The Morgan fingerprint density at radius 2 is 2.00 bits per heavy atom. The molecule has 0 bridgehead atoms. The summed E-state index contributed by atoms with van der Waals surface area (Å²) < 4.78 is 0. The van der Waals surface area contributed by atoms with Crippen LogP contribution in [0.3, 0.4) is 0 Å². The summed E-state index contributed by atoms with van der Waals surface area (Å²) in [5.41, 5.74) is 0.939. The molecule has 0 radical (unpaired) electrons. The zero-order chi connectivity index (χ0) is 18.4. The van der Waals surface area contributed by atoms with E-state index in [1.807, 2.05) is 31.7 Å². The summed E-state index contributed by atoms with van der Waals surface area (Å²) in [6.45, 7) is 8.86. The SMILES string of the molecule is CN(C[C@@H]1CCCN(C(=O)C(C)(C)C)C1)[C@@H](CCO)c1ccccc1. The molecule has 2 atom stereocenters.